The molecule has 96 valence electrons. The molecular weight excluding hydrogens is 360 g/mol. The molecule has 0 amide bonds. The Kier molecular flexibility index (Phi) is 4.53. The minimum atomic E-state index is 0.0382. The Balaban J connectivity index is 2.44. The van der Waals surface area contributed by atoms with Gasteiger partial charge in [-0.3, -0.25) is 4.68 Å². The van der Waals surface area contributed by atoms with Crippen LogP contribution in [0.2, 0.25) is 0 Å². The summed E-state index contributed by atoms with van der Waals surface area (Å²) < 4.78 is 3.87. The Hall–Kier alpha value is -0.720. The Morgan fingerprint density at radius 1 is 1.28 bits per heavy atom. The molecular formula is C12H14Br2N4. The van der Waals surface area contributed by atoms with Crippen LogP contribution >= 0.6 is 31.9 Å². The van der Waals surface area contributed by atoms with Gasteiger partial charge in [0.25, 0.3) is 0 Å². The quantitative estimate of drug-likeness (QED) is 0.895. The van der Waals surface area contributed by atoms with Crippen LogP contribution in [-0.4, -0.2) is 21.3 Å². The molecule has 0 fully saturated rings. The molecule has 0 saturated heterocycles. The second-order valence-electron chi connectivity index (χ2n) is 3.94. The molecule has 2 aromatic rings. The number of hydrogen-bond acceptors (Lipinski definition) is 3. The first-order valence-corrected chi connectivity index (χ1v) is 7.23. The predicted molar refractivity (Wildman–Crippen MR) is 78.4 cm³/mol. The highest BCUT2D eigenvalue weighted by Crippen LogP contribution is 2.27. The van der Waals surface area contributed by atoms with E-state index in [9.17, 15) is 0 Å². The van der Waals surface area contributed by atoms with Gasteiger partial charge in [0, 0.05) is 16.0 Å². The Bertz CT molecular complexity index is 518. The van der Waals surface area contributed by atoms with Gasteiger partial charge in [0.15, 0.2) is 0 Å². The first kappa shape index (κ1) is 13.7. The Morgan fingerprint density at radius 3 is 2.44 bits per heavy atom. The third kappa shape index (κ3) is 2.99. The molecule has 18 heavy (non-hydrogen) atoms. The summed E-state index contributed by atoms with van der Waals surface area (Å²) in [5.41, 5.74) is 1.15. The molecule has 2 rings (SSSR count). The van der Waals surface area contributed by atoms with Crippen LogP contribution in [0, 0.1) is 0 Å². The zero-order valence-electron chi connectivity index (χ0n) is 10.2. The standard InChI is InChI=1S/C12H14Br2N4/c1-3-15-11(12-16-7-17-18(12)2)8-4-9(13)6-10(14)5-8/h4-7,11,15H,3H2,1-2H3. The van der Waals surface area contributed by atoms with Crippen LogP contribution < -0.4 is 5.32 Å². The topological polar surface area (TPSA) is 42.7 Å². The zero-order chi connectivity index (χ0) is 13.1. The van der Waals surface area contributed by atoms with Crippen molar-refractivity contribution in [1.82, 2.24) is 20.1 Å². The third-order valence-electron chi connectivity index (χ3n) is 2.63. The van der Waals surface area contributed by atoms with Gasteiger partial charge < -0.3 is 5.32 Å². The lowest BCUT2D eigenvalue weighted by Gasteiger charge is -2.18. The monoisotopic (exact) mass is 372 g/mol. The Morgan fingerprint density at radius 2 is 1.94 bits per heavy atom. The lowest BCUT2D eigenvalue weighted by Crippen LogP contribution is -2.25. The van der Waals surface area contributed by atoms with Crippen molar-refractivity contribution in [2.75, 3.05) is 6.54 Å². The molecule has 1 heterocycles. The van der Waals surface area contributed by atoms with Gasteiger partial charge in [-0.05, 0) is 30.3 Å². The van der Waals surface area contributed by atoms with Crippen molar-refractivity contribution in [2.24, 2.45) is 7.05 Å². The van der Waals surface area contributed by atoms with Crippen molar-refractivity contribution in [3.63, 3.8) is 0 Å². The number of aryl methyl sites for hydroxylation is 1. The third-order valence-corrected chi connectivity index (χ3v) is 3.55. The van der Waals surface area contributed by atoms with E-state index in [-0.39, 0.29) is 6.04 Å². The van der Waals surface area contributed by atoms with E-state index in [1.54, 1.807) is 11.0 Å². The predicted octanol–water partition coefficient (Wildman–Crippen LogP) is 3.04. The SMILES string of the molecule is CCNC(c1cc(Br)cc(Br)c1)c1ncnn1C. The molecule has 0 bridgehead atoms. The summed E-state index contributed by atoms with van der Waals surface area (Å²) in [6, 6.07) is 6.24. The first-order valence-electron chi connectivity index (χ1n) is 5.65. The summed E-state index contributed by atoms with van der Waals surface area (Å²) in [6.45, 7) is 2.94. The molecule has 1 aromatic heterocycles. The van der Waals surface area contributed by atoms with Crippen LogP contribution in [-0.2, 0) is 7.05 Å². The van der Waals surface area contributed by atoms with Gasteiger partial charge in [-0.15, -0.1) is 0 Å². The maximum atomic E-state index is 4.33. The number of hydrogen-bond donors (Lipinski definition) is 1. The fraction of sp³-hybridized carbons (Fsp3) is 0.333. The highest BCUT2D eigenvalue weighted by molar-refractivity contribution is 9.11. The molecule has 0 aliphatic rings. The first-order chi connectivity index (χ1) is 8.61. The summed E-state index contributed by atoms with van der Waals surface area (Å²) in [7, 11) is 1.90. The van der Waals surface area contributed by atoms with Crippen molar-refractivity contribution in [2.45, 2.75) is 13.0 Å². The number of nitrogens with zero attached hydrogens (tertiary/aromatic N) is 3. The second-order valence-corrected chi connectivity index (χ2v) is 5.77. The highest BCUT2D eigenvalue weighted by atomic mass is 79.9. The lowest BCUT2D eigenvalue weighted by atomic mass is 10.1. The molecule has 6 heteroatoms. The van der Waals surface area contributed by atoms with Gasteiger partial charge in [0.05, 0.1) is 6.04 Å². The fourth-order valence-electron chi connectivity index (χ4n) is 1.87. The maximum Gasteiger partial charge on any atom is 0.148 e. The van der Waals surface area contributed by atoms with Crippen LogP contribution in [0.15, 0.2) is 33.5 Å². The Labute approximate surface area is 123 Å². The van der Waals surface area contributed by atoms with Crippen LogP contribution in [0.25, 0.3) is 0 Å². The minimum Gasteiger partial charge on any atom is -0.304 e. The van der Waals surface area contributed by atoms with E-state index in [0.29, 0.717) is 0 Å². The van der Waals surface area contributed by atoms with Gasteiger partial charge in [0.1, 0.15) is 12.2 Å². The van der Waals surface area contributed by atoms with Crippen molar-refractivity contribution >= 4 is 31.9 Å². The smallest absolute Gasteiger partial charge is 0.148 e. The van der Waals surface area contributed by atoms with E-state index >= 15 is 0 Å². The number of halogens is 2. The average molecular weight is 374 g/mol. The van der Waals surface area contributed by atoms with Crippen LogP contribution in [0.4, 0.5) is 0 Å². The van der Waals surface area contributed by atoms with E-state index in [4.69, 9.17) is 0 Å². The molecule has 1 aromatic carbocycles. The number of rotatable bonds is 4. The van der Waals surface area contributed by atoms with Gasteiger partial charge in [-0.1, -0.05) is 38.8 Å². The van der Waals surface area contributed by atoms with Crippen LogP contribution in [0.5, 0.6) is 0 Å². The summed E-state index contributed by atoms with van der Waals surface area (Å²) in [5, 5.41) is 7.56. The van der Waals surface area contributed by atoms with E-state index in [0.717, 1.165) is 26.9 Å². The molecule has 0 spiro atoms. The van der Waals surface area contributed by atoms with Gasteiger partial charge >= 0.3 is 0 Å². The lowest BCUT2D eigenvalue weighted by molar-refractivity contribution is 0.559. The average Bonchev–Trinajstić information content (AvgIpc) is 2.71. The van der Waals surface area contributed by atoms with Gasteiger partial charge in [-0.2, -0.15) is 5.10 Å². The summed E-state index contributed by atoms with van der Waals surface area (Å²) in [5.74, 6) is 0.904. The highest BCUT2D eigenvalue weighted by Gasteiger charge is 2.18. The second kappa shape index (κ2) is 5.95. The molecule has 0 saturated carbocycles. The van der Waals surface area contributed by atoms with Crippen molar-refractivity contribution < 1.29 is 0 Å². The molecule has 0 aliphatic heterocycles. The molecule has 1 N–H and O–H groups in total. The van der Waals surface area contributed by atoms with E-state index in [1.807, 2.05) is 13.1 Å². The number of nitrogens with one attached hydrogen (secondary N) is 1. The number of aromatic nitrogens is 3. The molecule has 1 unspecified atom stereocenters. The van der Waals surface area contributed by atoms with Crippen LogP contribution in [0.3, 0.4) is 0 Å². The summed E-state index contributed by atoms with van der Waals surface area (Å²) in [4.78, 5) is 4.33. The van der Waals surface area contributed by atoms with Crippen LogP contribution in [0.1, 0.15) is 24.4 Å². The van der Waals surface area contributed by atoms with Gasteiger partial charge in [-0.25, -0.2) is 4.98 Å². The van der Waals surface area contributed by atoms with Gasteiger partial charge in [0.2, 0.25) is 0 Å². The fourth-order valence-corrected chi connectivity index (χ4v) is 3.20. The number of benzene rings is 1. The zero-order valence-corrected chi connectivity index (χ0v) is 13.4. The summed E-state index contributed by atoms with van der Waals surface area (Å²) >= 11 is 7.03. The maximum absolute atomic E-state index is 4.33. The van der Waals surface area contributed by atoms with Crippen molar-refractivity contribution in [1.29, 1.82) is 0 Å². The molecule has 0 aliphatic carbocycles. The van der Waals surface area contributed by atoms with E-state index in [2.05, 4.69) is 66.3 Å². The molecule has 4 nitrogen and oxygen atoms in total. The van der Waals surface area contributed by atoms with E-state index < -0.39 is 0 Å². The molecule has 1 atom stereocenters. The molecule has 0 radical (unpaired) electrons. The van der Waals surface area contributed by atoms with Crippen molar-refractivity contribution in [3.05, 3.63) is 44.9 Å². The largest absolute Gasteiger partial charge is 0.304 e. The normalized spacial score (nSPS) is 12.7. The van der Waals surface area contributed by atoms with Crippen molar-refractivity contribution in [3.8, 4) is 0 Å². The minimum absolute atomic E-state index is 0.0382. The van der Waals surface area contributed by atoms with E-state index in [1.165, 1.54) is 0 Å². The summed E-state index contributed by atoms with van der Waals surface area (Å²) in [6.07, 6.45) is 1.58.